The molecule has 1 heteroatoms. The van der Waals surface area contributed by atoms with Crippen molar-refractivity contribution in [3.8, 4) is 5.75 Å². The molecule has 2 rings (SSSR count). The molecular weight excluding hydrogens is 172 g/mol. The maximum absolute atomic E-state index is 5.92. The van der Waals surface area contributed by atoms with Crippen LogP contribution in [0.25, 0.3) is 0 Å². The number of rotatable bonds is 1. The van der Waals surface area contributed by atoms with Gasteiger partial charge in [0.15, 0.2) is 0 Å². The van der Waals surface area contributed by atoms with Crippen LogP contribution in [0.15, 0.2) is 24.3 Å². The molecule has 0 saturated carbocycles. The van der Waals surface area contributed by atoms with Gasteiger partial charge in [0.25, 0.3) is 0 Å². The van der Waals surface area contributed by atoms with E-state index in [1.54, 1.807) is 0 Å². The highest BCUT2D eigenvalue weighted by atomic mass is 16.5. The number of fused-ring (bicyclic) bond motifs is 1. The Morgan fingerprint density at radius 3 is 2.79 bits per heavy atom. The summed E-state index contributed by atoms with van der Waals surface area (Å²) in [6, 6.07) is 8.41. The van der Waals surface area contributed by atoms with Crippen LogP contribution in [0.5, 0.6) is 5.75 Å². The molecule has 0 bridgehead atoms. The molecule has 1 aromatic carbocycles. The summed E-state index contributed by atoms with van der Waals surface area (Å²) in [7, 11) is 0. The monoisotopic (exact) mass is 190 g/mol. The van der Waals surface area contributed by atoms with Crippen molar-refractivity contribution in [1.82, 2.24) is 0 Å². The van der Waals surface area contributed by atoms with Crippen molar-refractivity contribution in [2.24, 2.45) is 0 Å². The summed E-state index contributed by atoms with van der Waals surface area (Å²) in [5, 5.41) is 0. The lowest BCUT2D eigenvalue weighted by Crippen LogP contribution is -2.33. The molecule has 0 aromatic heterocycles. The molecule has 1 aromatic rings. The van der Waals surface area contributed by atoms with Gasteiger partial charge >= 0.3 is 0 Å². The molecule has 14 heavy (non-hydrogen) atoms. The van der Waals surface area contributed by atoms with Crippen LogP contribution in [0.3, 0.4) is 0 Å². The number of hydrogen-bond acceptors (Lipinski definition) is 1. The molecule has 1 heterocycles. The van der Waals surface area contributed by atoms with Crippen LogP contribution in [-0.2, 0) is 5.41 Å². The largest absolute Gasteiger partial charge is 0.490 e. The Bertz CT molecular complexity index is 328. The summed E-state index contributed by atoms with van der Waals surface area (Å²) in [4.78, 5) is 0. The first kappa shape index (κ1) is 9.57. The van der Waals surface area contributed by atoms with Crippen molar-refractivity contribution >= 4 is 0 Å². The van der Waals surface area contributed by atoms with E-state index in [0.29, 0.717) is 6.10 Å². The Balaban J connectivity index is 2.41. The standard InChI is InChI=1S/C13H18O/c1-4-10-9-13(2,3)11-7-5-6-8-12(11)14-10/h5-8,10H,4,9H2,1-3H3. The smallest absolute Gasteiger partial charge is 0.123 e. The van der Waals surface area contributed by atoms with Crippen LogP contribution in [0, 0.1) is 0 Å². The fourth-order valence-electron chi connectivity index (χ4n) is 2.26. The van der Waals surface area contributed by atoms with Crippen LogP contribution in [0.2, 0.25) is 0 Å². The second-order valence-electron chi connectivity index (χ2n) is 4.73. The van der Waals surface area contributed by atoms with E-state index in [4.69, 9.17) is 4.74 Å². The lowest BCUT2D eigenvalue weighted by molar-refractivity contribution is 0.131. The summed E-state index contributed by atoms with van der Waals surface area (Å²) in [6.07, 6.45) is 2.61. The lowest BCUT2D eigenvalue weighted by Gasteiger charge is -2.37. The summed E-state index contributed by atoms with van der Waals surface area (Å²) in [5.41, 5.74) is 1.61. The van der Waals surface area contributed by atoms with Crippen LogP contribution >= 0.6 is 0 Å². The summed E-state index contributed by atoms with van der Waals surface area (Å²) >= 11 is 0. The van der Waals surface area contributed by atoms with Crippen molar-refractivity contribution < 1.29 is 4.74 Å². The first-order valence-corrected chi connectivity index (χ1v) is 5.39. The van der Waals surface area contributed by atoms with E-state index >= 15 is 0 Å². The van der Waals surface area contributed by atoms with E-state index in [-0.39, 0.29) is 5.41 Å². The molecule has 1 unspecified atom stereocenters. The van der Waals surface area contributed by atoms with Crippen molar-refractivity contribution in [3.63, 3.8) is 0 Å². The minimum absolute atomic E-state index is 0.259. The van der Waals surface area contributed by atoms with E-state index in [2.05, 4.69) is 39.0 Å². The second kappa shape index (κ2) is 3.30. The predicted octanol–water partition coefficient (Wildman–Crippen LogP) is 3.53. The van der Waals surface area contributed by atoms with Crippen molar-refractivity contribution in [3.05, 3.63) is 29.8 Å². The summed E-state index contributed by atoms with van der Waals surface area (Å²) in [5.74, 6) is 1.08. The summed E-state index contributed by atoms with van der Waals surface area (Å²) < 4.78 is 5.92. The Labute approximate surface area is 86.1 Å². The SMILES string of the molecule is CCC1CC(C)(C)c2ccccc2O1. The fraction of sp³-hybridized carbons (Fsp3) is 0.538. The highest BCUT2D eigenvalue weighted by Gasteiger charge is 2.32. The number of ether oxygens (including phenoxy) is 1. The van der Waals surface area contributed by atoms with Gasteiger partial charge in [-0.15, -0.1) is 0 Å². The molecule has 1 aliphatic rings. The zero-order chi connectivity index (χ0) is 10.2. The van der Waals surface area contributed by atoms with Gasteiger partial charge in [-0.3, -0.25) is 0 Å². The number of para-hydroxylation sites is 1. The van der Waals surface area contributed by atoms with E-state index in [9.17, 15) is 0 Å². The maximum atomic E-state index is 5.92. The van der Waals surface area contributed by atoms with Gasteiger partial charge in [0.05, 0.1) is 6.10 Å². The van der Waals surface area contributed by atoms with Crippen LogP contribution < -0.4 is 4.74 Å². The Hall–Kier alpha value is -0.980. The van der Waals surface area contributed by atoms with Crippen LogP contribution in [0.4, 0.5) is 0 Å². The normalized spacial score (nSPS) is 23.8. The quantitative estimate of drug-likeness (QED) is 0.658. The molecule has 0 radical (unpaired) electrons. The third kappa shape index (κ3) is 1.52. The molecule has 0 N–H and O–H groups in total. The van der Waals surface area contributed by atoms with Gasteiger partial charge in [-0.25, -0.2) is 0 Å². The van der Waals surface area contributed by atoms with Gasteiger partial charge in [0, 0.05) is 0 Å². The van der Waals surface area contributed by atoms with E-state index in [1.165, 1.54) is 5.56 Å². The first-order valence-electron chi connectivity index (χ1n) is 5.39. The third-order valence-corrected chi connectivity index (χ3v) is 3.10. The Morgan fingerprint density at radius 1 is 1.36 bits per heavy atom. The molecule has 0 fully saturated rings. The van der Waals surface area contributed by atoms with E-state index < -0.39 is 0 Å². The van der Waals surface area contributed by atoms with Gasteiger partial charge in [-0.05, 0) is 29.9 Å². The van der Waals surface area contributed by atoms with Gasteiger partial charge in [0.1, 0.15) is 5.75 Å². The number of hydrogen-bond donors (Lipinski definition) is 0. The highest BCUT2D eigenvalue weighted by molar-refractivity contribution is 5.40. The molecule has 1 atom stereocenters. The molecule has 0 aliphatic carbocycles. The molecule has 1 aliphatic heterocycles. The Morgan fingerprint density at radius 2 is 2.07 bits per heavy atom. The van der Waals surface area contributed by atoms with Gasteiger partial charge in [-0.1, -0.05) is 39.0 Å². The fourth-order valence-corrected chi connectivity index (χ4v) is 2.26. The molecule has 0 amide bonds. The minimum Gasteiger partial charge on any atom is -0.490 e. The van der Waals surface area contributed by atoms with Crippen molar-refractivity contribution in [1.29, 1.82) is 0 Å². The third-order valence-electron chi connectivity index (χ3n) is 3.10. The molecule has 0 spiro atoms. The molecule has 0 saturated heterocycles. The molecular formula is C13H18O. The average molecular weight is 190 g/mol. The number of benzene rings is 1. The van der Waals surface area contributed by atoms with E-state index in [0.717, 1.165) is 18.6 Å². The topological polar surface area (TPSA) is 9.23 Å². The van der Waals surface area contributed by atoms with Crippen LogP contribution in [-0.4, -0.2) is 6.10 Å². The molecule has 1 nitrogen and oxygen atoms in total. The zero-order valence-corrected chi connectivity index (χ0v) is 9.21. The van der Waals surface area contributed by atoms with Crippen molar-refractivity contribution in [2.75, 3.05) is 0 Å². The predicted molar refractivity (Wildman–Crippen MR) is 58.8 cm³/mol. The molecule has 76 valence electrons. The lowest BCUT2D eigenvalue weighted by atomic mass is 9.77. The van der Waals surface area contributed by atoms with Crippen LogP contribution in [0.1, 0.15) is 39.2 Å². The zero-order valence-electron chi connectivity index (χ0n) is 9.21. The average Bonchev–Trinajstić information content (AvgIpc) is 2.17. The first-order chi connectivity index (χ1) is 6.63. The van der Waals surface area contributed by atoms with E-state index in [1.807, 2.05) is 6.07 Å². The minimum atomic E-state index is 0.259. The second-order valence-corrected chi connectivity index (χ2v) is 4.73. The Kier molecular flexibility index (Phi) is 2.26. The van der Waals surface area contributed by atoms with Gasteiger partial charge in [0.2, 0.25) is 0 Å². The van der Waals surface area contributed by atoms with Gasteiger partial charge < -0.3 is 4.74 Å². The highest BCUT2D eigenvalue weighted by Crippen LogP contribution is 2.40. The summed E-state index contributed by atoms with van der Waals surface area (Å²) in [6.45, 7) is 6.79. The maximum Gasteiger partial charge on any atom is 0.123 e. The van der Waals surface area contributed by atoms with Crippen molar-refractivity contribution in [2.45, 2.75) is 45.1 Å². The van der Waals surface area contributed by atoms with Gasteiger partial charge in [-0.2, -0.15) is 0 Å².